The third-order valence-electron chi connectivity index (χ3n) is 3.47. The van der Waals surface area contributed by atoms with Gasteiger partial charge in [0, 0.05) is 16.9 Å². The van der Waals surface area contributed by atoms with Gasteiger partial charge in [-0.3, -0.25) is 10.1 Å². The topological polar surface area (TPSA) is 103 Å². The van der Waals surface area contributed by atoms with E-state index in [0.29, 0.717) is 22.7 Å². The average molecular weight is 400 g/mol. The van der Waals surface area contributed by atoms with Gasteiger partial charge in [0.05, 0.1) is 7.11 Å². The lowest BCUT2D eigenvalue weighted by atomic mass is 10.2. The lowest BCUT2D eigenvalue weighted by molar-refractivity contribution is -0.142. The van der Waals surface area contributed by atoms with Gasteiger partial charge in [-0.05, 0) is 63.2 Å². The van der Waals surface area contributed by atoms with Gasteiger partial charge >= 0.3 is 12.1 Å². The summed E-state index contributed by atoms with van der Waals surface area (Å²) in [6, 6.07) is 13.0. The number of benzene rings is 2. The van der Waals surface area contributed by atoms with E-state index in [-0.39, 0.29) is 12.5 Å². The van der Waals surface area contributed by atoms with Gasteiger partial charge in [0.2, 0.25) is 0 Å². The maximum atomic E-state index is 12.5. The summed E-state index contributed by atoms with van der Waals surface area (Å²) in [5.41, 5.74) is 0.736. The first-order chi connectivity index (χ1) is 13.7. The van der Waals surface area contributed by atoms with Gasteiger partial charge in [-0.15, -0.1) is 0 Å². The Hall–Kier alpha value is -3.55. The summed E-state index contributed by atoms with van der Waals surface area (Å²) in [5.74, 6) is -0.361. The number of esters is 1. The summed E-state index contributed by atoms with van der Waals surface area (Å²) >= 11 is 0. The van der Waals surface area contributed by atoms with Crippen molar-refractivity contribution in [1.29, 1.82) is 0 Å². The SMILES string of the molecule is COC(=O)COc1ccc(NC(=O)c2cccc(NC(=O)OC(C)(C)C)c2)cc1. The van der Waals surface area contributed by atoms with Crippen molar-refractivity contribution < 1.29 is 28.6 Å². The minimum absolute atomic E-state index is 0.195. The van der Waals surface area contributed by atoms with Crippen LogP contribution in [-0.2, 0) is 14.3 Å². The first-order valence-electron chi connectivity index (χ1n) is 8.87. The van der Waals surface area contributed by atoms with E-state index < -0.39 is 17.7 Å². The molecular weight excluding hydrogens is 376 g/mol. The molecule has 2 aromatic rings. The molecule has 0 heterocycles. The maximum absolute atomic E-state index is 12.5. The van der Waals surface area contributed by atoms with Crippen molar-refractivity contribution in [2.75, 3.05) is 24.4 Å². The van der Waals surface area contributed by atoms with Gasteiger partial charge in [0.1, 0.15) is 11.4 Å². The monoisotopic (exact) mass is 400 g/mol. The Morgan fingerprint density at radius 3 is 2.24 bits per heavy atom. The highest BCUT2D eigenvalue weighted by Crippen LogP contribution is 2.18. The molecule has 0 bridgehead atoms. The van der Waals surface area contributed by atoms with Crippen LogP contribution in [0.15, 0.2) is 48.5 Å². The van der Waals surface area contributed by atoms with Gasteiger partial charge < -0.3 is 19.5 Å². The van der Waals surface area contributed by atoms with Gasteiger partial charge in [-0.25, -0.2) is 9.59 Å². The highest BCUT2D eigenvalue weighted by atomic mass is 16.6. The molecule has 0 aliphatic carbocycles. The second kappa shape index (κ2) is 9.59. The molecule has 8 nitrogen and oxygen atoms in total. The molecule has 0 saturated carbocycles. The largest absolute Gasteiger partial charge is 0.482 e. The summed E-state index contributed by atoms with van der Waals surface area (Å²) in [5, 5.41) is 5.35. The van der Waals surface area contributed by atoms with E-state index in [0.717, 1.165) is 0 Å². The van der Waals surface area contributed by atoms with Crippen molar-refractivity contribution in [3.05, 3.63) is 54.1 Å². The molecule has 8 heteroatoms. The van der Waals surface area contributed by atoms with Crippen molar-refractivity contribution in [2.45, 2.75) is 26.4 Å². The molecule has 2 aromatic carbocycles. The summed E-state index contributed by atoms with van der Waals surface area (Å²) in [6.45, 7) is 5.10. The van der Waals surface area contributed by atoms with Crippen LogP contribution in [0, 0.1) is 0 Å². The van der Waals surface area contributed by atoms with E-state index >= 15 is 0 Å². The molecule has 0 aromatic heterocycles. The number of nitrogens with one attached hydrogen (secondary N) is 2. The maximum Gasteiger partial charge on any atom is 0.412 e. The lowest BCUT2D eigenvalue weighted by Gasteiger charge is -2.19. The highest BCUT2D eigenvalue weighted by molar-refractivity contribution is 6.05. The molecule has 0 atom stereocenters. The quantitative estimate of drug-likeness (QED) is 0.714. The smallest absolute Gasteiger partial charge is 0.412 e. The third kappa shape index (κ3) is 7.53. The number of hydrogen-bond donors (Lipinski definition) is 2. The number of ether oxygens (including phenoxy) is 3. The van der Waals surface area contributed by atoms with Crippen LogP contribution >= 0.6 is 0 Å². The van der Waals surface area contributed by atoms with Crippen LogP contribution in [0.25, 0.3) is 0 Å². The Labute approximate surface area is 169 Å². The number of hydrogen-bond acceptors (Lipinski definition) is 6. The van der Waals surface area contributed by atoms with Crippen LogP contribution in [0.2, 0.25) is 0 Å². The molecule has 2 rings (SSSR count). The summed E-state index contributed by atoms with van der Waals surface area (Å²) in [4.78, 5) is 35.4. The Bertz CT molecular complexity index is 871. The summed E-state index contributed by atoms with van der Waals surface area (Å²) < 4.78 is 14.9. The third-order valence-corrected chi connectivity index (χ3v) is 3.47. The van der Waals surface area contributed by atoms with Gasteiger partial charge in [0.25, 0.3) is 5.91 Å². The van der Waals surface area contributed by atoms with Crippen molar-refractivity contribution in [3.8, 4) is 5.75 Å². The van der Waals surface area contributed by atoms with Crippen LogP contribution in [-0.4, -0.2) is 37.3 Å². The Kier molecular flexibility index (Phi) is 7.19. The number of amides is 2. The molecular formula is C21H24N2O6. The molecule has 0 aliphatic rings. The van der Waals surface area contributed by atoms with Crippen molar-refractivity contribution in [3.63, 3.8) is 0 Å². The van der Waals surface area contributed by atoms with Crippen molar-refractivity contribution in [1.82, 2.24) is 0 Å². The van der Waals surface area contributed by atoms with E-state index in [9.17, 15) is 14.4 Å². The molecule has 154 valence electrons. The first kappa shape index (κ1) is 21.7. The fourth-order valence-corrected chi connectivity index (χ4v) is 2.20. The number of carbonyl (C=O) groups is 3. The van der Waals surface area contributed by atoms with Crippen LogP contribution in [0.1, 0.15) is 31.1 Å². The van der Waals surface area contributed by atoms with Crippen molar-refractivity contribution >= 4 is 29.3 Å². The highest BCUT2D eigenvalue weighted by Gasteiger charge is 2.16. The zero-order chi connectivity index (χ0) is 21.4. The Morgan fingerprint density at radius 1 is 0.931 bits per heavy atom. The number of carbonyl (C=O) groups excluding carboxylic acids is 3. The lowest BCUT2D eigenvalue weighted by Crippen LogP contribution is -2.27. The fraction of sp³-hybridized carbons (Fsp3) is 0.286. The number of anilines is 2. The molecule has 2 amide bonds. The van der Waals surface area contributed by atoms with E-state index in [1.54, 1.807) is 69.3 Å². The molecule has 0 radical (unpaired) electrons. The van der Waals surface area contributed by atoms with Crippen LogP contribution in [0.3, 0.4) is 0 Å². The molecule has 29 heavy (non-hydrogen) atoms. The number of methoxy groups -OCH3 is 1. The fourth-order valence-electron chi connectivity index (χ4n) is 2.20. The van der Waals surface area contributed by atoms with Crippen molar-refractivity contribution in [2.24, 2.45) is 0 Å². The zero-order valence-corrected chi connectivity index (χ0v) is 16.8. The standard InChI is InChI=1S/C21H24N2O6/c1-21(2,3)29-20(26)23-16-7-5-6-14(12-16)19(25)22-15-8-10-17(11-9-15)28-13-18(24)27-4/h5-12H,13H2,1-4H3,(H,22,25)(H,23,26). The van der Waals surface area contributed by atoms with Gasteiger partial charge in [0.15, 0.2) is 6.61 Å². The normalized spacial score (nSPS) is 10.6. The van der Waals surface area contributed by atoms with Gasteiger partial charge in [-0.2, -0.15) is 0 Å². The van der Waals surface area contributed by atoms with E-state index in [2.05, 4.69) is 15.4 Å². The zero-order valence-electron chi connectivity index (χ0n) is 16.8. The van der Waals surface area contributed by atoms with Crippen LogP contribution < -0.4 is 15.4 Å². The molecule has 0 saturated heterocycles. The predicted octanol–water partition coefficient (Wildman–Crippen LogP) is 3.84. The molecule has 2 N–H and O–H groups in total. The Morgan fingerprint density at radius 2 is 1.62 bits per heavy atom. The second-order valence-electron chi connectivity index (χ2n) is 7.05. The molecule has 0 aliphatic heterocycles. The minimum atomic E-state index is -0.619. The first-order valence-corrected chi connectivity index (χ1v) is 8.87. The minimum Gasteiger partial charge on any atom is -0.482 e. The van der Waals surface area contributed by atoms with E-state index in [4.69, 9.17) is 9.47 Å². The van der Waals surface area contributed by atoms with Gasteiger partial charge in [-0.1, -0.05) is 6.07 Å². The van der Waals surface area contributed by atoms with E-state index in [1.807, 2.05) is 0 Å². The molecule has 0 fully saturated rings. The predicted molar refractivity (Wildman–Crippen MR) is 108 cm³/mol. The summed E-state index contributed by atoms with van der Waals surface area (Å²) in [7, 11) is 1.28. The molecule has 0 spiro atoms. The second-order valence-corrected chi connectivity index (χ2v) is 7.05. The van der Waals surface area contributed by atoms with Crippen LogP contribution in [0.4, 0.5) is 16.2 Å². The molecule has 0 unspecified atom stereocenters. The Balaban J connectivity index is 1.97. The van der Waals surface area contributed by atoms with E-state index in [1.165, 1.54) is 7.11 Å². The summed E-state index contributed by atoms with van der Waals surface area (Å²) in [6.07, 6.45) is -0.599. The average Bonchev–Trinajstić information content (AvgIpc) is 2.65. The van der Waals surface area contributed by atoms with Crippen LogP contribution in [0.5, 0.6) is 5.75 Å². The number of rotatable bonds is 6.